The Morgan fingerprint density at radius 2 is 2.14 bits per heavy atom. The van der Waals surface area contributed by atoms with Crippen molar-refractivity contribution in [2.75, 3.05) is 24.5 Å². The van der Waals surface area contributed by atoms with Gasteiger partial charge in [0.1, 0.15) is 5.82 Å². The number of hydrogen-bond donors (Lipinski definition) is 2. The fourth-order valence-electron chi connectivity index (χ4n) is 2.84. The summed E-state index contributed by atoms with van der Waals surface area (Å²) in [6.07, 6.45) is 6.23. The SMILES string of the molecule is CC(C)=Cc1ccc(N2CCC(CCNC(=O)O)CC2)nc1. The summed E-state index contributed by atoms with van der Waals surface area (Å²) in [6, 6.07) is 4.19. The summed E-state index contributed by atoms with van der Waals surface area (Å²) in [7, 11) is 0. The Kier molecular flexibility index (Phi) is 5.81. The average Bonchev–Trinajstić information content (AvgIpc) is 2.48. The van der Waals surface area contributed by atoms with Gasteiger partial charge in [-0.1, -0.05) is 11.6 Å². The second-order valence-corrected chi connectivity index (χ2v) is 6.12. The Hall–Kier alpha value is -2.04. The topological polar surface area (TPSA) is 65.5 Å². The number of hydrogen-bond acceptors (Lipinski definition) is 3. The maximum absolute atomic E-state index is 10.4. The van der Waals surface area contributed by atoms with E-state index in [9.17, 15) is 4.79 Å². The second-order valence-electron chi connectivity index (χ2n) is 6.12. The van der Waals surface area contributed by atoms with Crippen LogP contribution in [0.15, 0.2) is 23.9 Å². The molecule has 1 aliphatic heterocycles. The first kappa shape index (κ1) is 16.3. The number of pyridine rings is 1. The third-order valence-electron chi connectivity index (χ3n) is 3.99. The fourth-order valence-corrected chi connectivity index (χ4v) is 2.84. The number of aromatic nitrogens is 1. The molecule has 1 amide bonds. The van der Waals surface area contributed by atoms with Crippen LogP contribution in [0, 0.1) is 5.92 Å². The van der Waals surface area contributed by atoms with Crippen molar-refractivity contribution >= 4 is 18.0 Å². The minimum atomic E-state index is -0.932. The minimum absolute atomic E-state index is 0.551. The molecule has 1 aliphatic rings. The molecule has 22 heavy (non-hydrogen) atoms. The van der Waals surface area contributed by atoms with Crippen molar-refractivity contribution in [1.82, 2.24) is 10.3 Å². The lowest BCUT2D eigenvalue weighted by Gasteiger charge is -2.32. The molecule has 1 saturated heterocycles. The monoisotopic (exact) mass is 303 g/mol. The van der Waals surface area contributed by atoms with Gasteiger partial charge in [0, 0.05) is 25.8 Å². The molecule has 0 unspecified atom stereocenters. The standard InChI is InChI=1S/C17H25N3O2/c1-13(2)11-15-3-4-16(19-12-15)20-9-6-14(7-10-20)5-8-18-17(21)22/h3-4,11-12,14,18H,5-10H2,1-2H3,(H,21,22). The summed E-state index contributed by atoms with van der Waals surface area (Å²) in [5.41, 5.74) is 2.41. The molecule has 1 aromatic rings. The van der Waals surface area contributed by atoms with Gasteiger partial charge in [-0.05, 0) is 56.7 Å². The summed E-state index contributed by atoms with van der Waals surface area (Å²) < 4.78 is 0. The fraction of sp³-hybridized carbons (Fsp3) is 0.529. The average molecular weight is 303 g/mol. The van der Waals surface area contributed by atoms with Crippen LogP contribution in [-0.2, 0) is 0 Å². The number of amides is 1. The van der Waals surface area contributed by atoms with Gasteiger partial charge in [-0.15, -0.1) is 0 Å². The number of allylic oxidation sites excluding steroid dienone is 1. The minimum Gasteiger partial charge on any atom is -0.465 e. The van der Waals surface area contributed by atoms with Gasteiger partial charge < -0.3 is 15.3 Å². The van der Waals surface area contributed by atoms with E-state index in [1.165, 1.54) is 5.57 Å². The number of nitrogens with zero attached hydrogens (tertiary/aromatic N) is 2. The molecule has 5 heteroatoms. The number of piperidine rings is 1. The summed E-state index contributed by atoms with van der Waals surface area (Å²) >= 11 is 0. The molecule has 0 bridgehead atoms. The quantitative estimate of drug-likeness (QED) is 0.875. The lowest BCUT2D eigenvalue weighted by molar-refractivity contribution is 0.193. The second kappa shape index (κ2) is 7.82. The molecule has 1 fully saturated rings. The maximum Gasteiger partial charge on any atom is 0.404 e. The lowest BCUT2D eigenvalue weighted by Crippen LogP contribution is -2.35. The molecular weight excluding hydrogens is 278 g/mol. The van der Waals surface area contributed by atoms with Gasteiger partial charge in [-0.3, -0.25) is 0 Å². The van der Waals surface area contributed by atoms with Crippen molar-refractivity contribution in [3.63, 3.8) is 0 Å². The molecule has 2 heterocycles. The molecular formula is C17H25N3O2. The van der Waals surface area contributed by atoms with Gasteiger partial charge in [0.25, 0.3) is 0 Å². The van der Waals surface area contributed by atoms with Crippen LogP contribution in [0.25, 0.3) is 6.08 Å². The molecule has 0 atom stereocenters. The van der Waals surface area contributed by atoms with E-state index in [1.807, 2.05) is 6.20 Å². The van der Waals surface area contributed by atoms with Crippen LogP contribution in [0.3, 0.4) is 0 Å². The van der Waals surface area contributed by atoms with Crippen molar-refractivity contribution in [3.05, 3.63) is 29.5 Å². The normalized spacial score (nSPS) is 15.5. The van der Waals surface area contributed by atoms with Crippen molar-refractivity contribution in [3.8, 4) is 0 Å². The zero-order chi connectivity index (χ0) is 15.9. The third-order valence-corrected chi connectivity index (χ3v) is 3.99. The Labute approximate surface area is 132 Å². The Morgan fingerprint density at radius 3 is 2.68 bits per heavy atom. The van der Waals surface area contributed by atoms with Crippen molar-refractivity contribution < 1.29 is 9.90 Å². The number of nitrogens with one attached hydrogen (secondary N) is 1. The number of anilines is 1. The molecule has 0 aliphatic carbocycles. The van der Waals surface area contributed by atoms with Gasteiger partial charge in [-0.25, -0.2) is 9.78 Å². The first-order valence-electron chi connectivity index (χ1n) is 7.87. The highest BCUT2D eigenvalue weighted by atomic mass is 16.4. The van der Waals surface area contributed by atoms with Gasteiger partial charge in [0.2, 0.25) is 0 Å². The summed E-state index contributed by atoms with van der Waals surface area (Å²) in [6.45, 7) is 6.70. The molecule has 0 saturated carbocycles. The molecule has 2 N–H and O–H groups in total. The largest absolute Gasteiger partial charge is 0.465 e. The highest BCUT2D eigenvalue weighted by Gasteiger charge is 2.19. The predicted molar refractivity (Wildman–Crippen MR) is 89.1 cm³/mol. The zero-order valence-corrected chi connectivity index (χ0v) is 13.4. The van der Waals surface area contributed by atoms with Gasteiger partial charge in [0.15, 0.2) is 0 Å². The third kappa shape index (κ3) is 5.06. The highest BCUT2D eigenvalue weighted by molar-refractivity contribution is 5.64. The van der Waals surface area contributed by atoms with E-state index in [4.69, 9.17) is 5.11 Å². The van der Waals surface area contributed by atoms with Crippen LogP contribution in [0.1, 0.15) is 38.7 Å². The lowest BCUT2D eigenvalue weighted by atomic mass is 9.93. The van der Waals surface area contributed by atoms with Gasteiger partial charge >= 0.3 is 6.09 Å². The van der Waals surface area contributed by atoms with E-state index in [1.54, 1.807) is 0 Å². The Balaban J connectivity index is 1.81. The number of carbonyl (C=O) groups is 1. The van der Waals surface area contributed by atoms with E-state index in [0.717, 1.165) is 43.7 Å². The molecule has 0 spiro atoms. The summed E-state index contributed by atoms with van der Waals surface area (Å²) in [5.74, 6) is 1.64. The molecule has 120 valence electrons. The van der Waals surface area contributed by atoms with Crippen LogP contribution in [0.5, 0.6) is 0 Å². The van der Waals surface area contributed by atoms with Crippen molar-refractivity contribution in [1.29, 1.82) is 0 Å². The molecule has 2 rings (SSSR count). The van der Waals surface area contributed by atoms with E-state index in [2.05, 4.69) is 47.3 Å². The van der Waals surface area contributed by atoms with Crippen molar-refractivity contribution in [2.45, 2.75) is 33.1 Å². The first-order valence-corrected chi connectivity index (χ1v) is 7.87. The smallest absolute Gasteiger partial charge is 0.404 e. The highest BCUT2D eigenvalue weighted by Crippen LogP contribution is 2.24. The Morgan fingerprint density at radius 1 is 1.41 bits per heavy atom. The van der Waals surface area contributed by atoms with Gasteiger partial charge in [-0.2, -0.15) is 0 Å². The van der Waals surface area contributed by atoms with Crippen LogP contribution in [0.2, 0.25) is 0 Å². The Bertz CT molecular complexity index is 513. The van der Waals surface area contributed by atoms with Crippen LogP contribution in [0.4, 0.5) is 10.6 Å². The molecule has 0 radical (unpaired) electrons. The van der Waals surface area contributed by atoms with Gasteiger partial charge in [0.05, 0.1) is 0 Å². The number of carboxylic acid groups (broad SMARTS) is 1. The van der Waals surface area contributed by atoms with E-state index in [-0.39, 0.29) is 0 Å². The number of rotatable bonds is 5. The van der Waals surface area contributed by atoms with Crippen molar-refractivity contribution in [2.24, 2.45) is 5.92 Å². The zero-order valence-electron chi connectivity index (χ0n) is 13.4. The van der Waals surface area contributed by atoms with E-state index < -0.39 is 6.09 Å². The van der Waals surface area contributed by atoms with Crippen LogP contribution < -0.4 is 10.2 Å². The predicted octanol–water partition coefficient (Wildman–Crippen LogP) is 3.38. The summed E-state index contributed by atoms with van der Waals surface area (Å²) in [4.78, 5) is 17.3. The summed E-state index contributed by atoms with van der Waals surface area (Å²) in [5, 5.41) is 11.0. The molecule has 1 aromatic heterocycles. The van der Waals surface area contributed by atoms with E-state index >= 15 is 0 Å². The molecule has 0 aromatic carbocycles. The molecule has 5 nitrogen and oxygen atoms in total. The first-order chi connectivity index (χ1) is 10.5. The van der Waals surface area contributed by atoms with E-state index in [0.29, 0.717) is 12.5 Å². The van der Waals surface area contributed by atoms with Crippen LogP contribution in [-0.4, -0.2) is 35.8 Å². The van der Waals surface area contributed by atoms with Crippen LogP contribution >= 0.6 is 0 Å². The maximum atomic E-state index is 10.4.